The quantitative estimate of drug-likeness (QED) is 0.237. The van der Waals surface area contributed by atoms with Crippen molar-refractivity contribution in [3.05, 3.63) is 95.3 Å². The van der Waals surface area contributed by atoms with Crippen molar-refractivity contribution in [2.75, 3.05) is 36.0 Å². The monoisotopic (exact) mass is 624 g/mol. The van der Waals surface area contributed by atoms with Crippen molar-refractivity contribution in [3.8, 4) is 5.82 Å². The van der Waals surface area contributed by atoms with Crippen molar-refractivity contribution >= 4 is 24.0 Å². The Kier molecular flexibility index (Phi) is 9.09. The molecule has 242 valence electrons. The second-order valence-corrected chi connectivity index (χ2v) is 13.2. The molecule has 0 N–H and O–H groups in total. The molecule has 4 aromatic rings. The summed E-state index contributed by atoms with van der Waals surface area (Å²) in [5.74, 6) is 0.549. The van der Waals surface area contributed by atoms with Gasteiger partial charge in [-0.15, -0.1) is 0 Å². The zero-order valence-electron chi connectivity index (χ0n) is 27.8. The van der Waals surface area contributed by atoms with Gasteiger partial charge in [0.25, 0.3) is 0 Å². The third-order valence-corrected chi connectivity index (χ3v) is 9.73. The fourth-order valence-corrected chi connectivity index (χ4v) is 6.07. The Balaban J connectivity index is 1.05. The first-order valence-electron chi connectivity index (χ1n) is 16.3. The minimum Gasteiger partial charge on any atom is -0.399 e. The molecular weight excluding hydrogens is 579 g/mol. The molecule has 2 saturated heterocycles. The van der Waals surface area contributed by atoms with E-state index in [0.717, 1.165) is 49.3 Å². The molecule has 4 heterocycles. The molecule has 2 aliphatic rings. The Labute approximate surface area is 272 Å². The van der Waals surface area contributed by atoms with Crippen molar-refractivity contribution in [1.82, 2.24) is 19.3 Å². The maximum absolute atomic E-state index is 13.4. The summed E-state index contributed by atoms with van der Waals surface area (Å²) in [5, 5.41) is 4.45. The molecular formula is C35H45BN6O4. The lowest BCUT2D eigenvalue weighted by atomic mass is 9.79. The first kappa shape index (κ1) is 32.0. The number of hydrogen-bond donors (Lipinski definition) is 0. The number of nitrogens with zero attached hydrogens (tertiary/aromatic N) is 6. The molecule has 10 nitrogen and oxygen atoms in total. The van der Waals surface area contributed by atoms with Crippen LogP contribution in [0.5, 0.6) is 0 Å². The normalized spacial score (nSPS) is 19.0. The summed E-state index contributed by atoms with van der Waals surface area (Å²) in [6, 6.07) is 22.3. The van der Waals surface area contributed by atoms with E-state index >= 15 is 0 Å². The van der Waals surface area contributed by atoms with Gasteiger partial charge in [0.05, 0.1) is 41.8 Å². The van der Waals surface area contributed by atoms with Crippen LogP contribution in [0.4, 0.5) is 11.4 Å². The van der Waals surface area contributed by atoms with Crippen molar-refractivity contribution < 1.29 is 14.0 Å². The summed E-state index contributed by atoms with van der Waals surface area (Å²) in [7, 11) is -0.354. The molecule has 0 aliphatic carbocycles. The first-order chi connectivity index (χ1) is 22.1. The van der Waals surface area contributed by atoms with E-state index in [0.29, 0.717) is 12.4 Å². The van der Waals surface area contributed by atoms with Gasteiger partial charge in [0.2, 0.25) is 0 Å². The largest absolute Gasteiger partial charge is 0.494 e. The Morgan fingerprint density at radius 3 is 2.07 bits per heavy atom. The van der Waals surface area contributed by atoms with Crippen molar-refractivity contribution in [2.45, 2.75) is 77.9 Å². The lowest BCUT2D eigenvalue weighted by molar-refractivity contribution is 0.00578. The highest BCUT2D eigenvalue weighted by molar-refractivity contribution is 6.62. The van der Waals surface area contributed by atoms with E-state index in [1.54, 1.807) is 6.33 Å². The van der Waals surface area contributed by atoms with Crippen LogP contribution < -0.4 is 21.0 Å². The Hall–Kier alpha value is -3.93. The van der Waals surface area contributed by atoms with Gasteiger partial charge < -0.3 is 23.8 Å². The van der Waals surface area contributed by atoms with E-state index in [1.807, 2.05) is 62.5 Å². The minimum absolute atomic E-state index is 0.187. The van der Waals surface area contributed by atoms with Crippen LogP contribution in [-0.4, -0.2) is 69.9 Å². The van der Waals surface area contributed by atoms with Crippen molar-refractivity contribution in [2.24, 2.45) is 0 Å². The van der Waals surface area contributed by atoms with Gasteiger partial charge >= 0.3 is 12.8 Å². The Morgan fingerprint density at radius 1 is 0.870 bits per heavy atom. The van der Waals surface area contributed by atoms with Gasteiger partial charge in [-0.3, -0.25) is 0 Å². The first-order valence-corrected chi connectivity index (χ1v) is 16.3. The summed E-state index contributed by atoms with van der Waals surface area (Å²) < 4.78 is 21.6. The van der Waals surface area contributed by atoms with Crippen LogP contribution in [0.15, 0.2) is 84.0 Å². The van der Waals surface area contributed by atoms with E-state index in [1.165, 1.54) is 14.9 Å². The average Bonchev–Trinajstić information content (AvgIpc) is 3.55. The molecule has 2 aromatic heterocycles. The zero-order valence-corrected chi connectivity index (χ0v) is 27.8. The number of piperazine rings is 1. The second-order valence-electron chi connectivity index (χ2n) is 13.2. The van der Waals surface area contributed by atoms with Gasteiger partial charge in [-0.1, -0.05) is 49.4 Å². The number of pyridine rings is 1. The van der Waals surface area contributed by atoms with Gasteiger partial charge in [0.15, 0.2) is 0 Å². The number of rotatable bonds is 10. The topological polar surface area (TPSA) is 86.9 Å². The maximum atomic E-state index is 13.4. The molecule has 2 atom stereocenters. The highest BCUT2D eigenvalue weighted by Gasteiger charge is 2.51. The summed E-state index contributed by atoms with van der Waals surface area (Å²) in [4.78, 5) is 22.8. The number of ether oxygens (including phenoxy) is 1. The molecule has 2 fully saturated rings. The molecule has 0 saturated carbocycles. The summed E-state index contributed by atoms with van der Waals surface area (Å²) >= 11 is 0. The molecule has 0 spiro atoms. The average molecular weight is 625 g/mol. The summed E-state index contributed by atoms with van der Waals surface area (Å²) in [5.41, 5.74) is 3.43. The Morgan fingerprint density at radius 2 is 1.48 bits per heavy atom. The number of anilines is 2. The van der Waals surface area contributed by atoms with Gasteiger partial charge in [-0.05, 0) is 76.3 Å². The van der Waals surface area contributed by atoms with Crippen LogP contribution in [-0.2, 0) is 20.7 Å². The molecule has 0 amide bonds. The van der Waals surface area contributed by atoms with Crippen LogP contribution in [0.1, 0.15) is 59.6 Å². The van der Waals surface area contributed by atoms with E-state index < -0.39 is 0 Å². The van der Waals surface area contributed by atoms with Crippen LogP contribution >= 0.6 is 0 Å². The summed E-state index contributed by atoms with van der Waals surface area (Å²) in [6.07, 6.45) is 3.92. The third kappa shape index (κ3) is 6.49. The van der Waals surface area contributed by atoms with Gasteiger partial charge in [-0.25, -0.2) is 19.0 Å². The van der Waals surface area contributed by atoms with E-state index in [-0.39, 0.29) is 36.2 Å². The van der Waals surface area contributed by atoms with E-state index in [4.69, 9.17) is 14.0 Å². The fourth-order valence-electron chi connectivity index (χ4n) is 6.07. The van der Waals surface area contributed by atoms with Crippen LogP contribution in [0.3, 0.4) is 0 Å². The van der Waals surface area contributed by atoms with Crippen LogP contribution in [0.25, 0.3) is 5.82 Å². The van der Waals surface area contributed by atoms with E-state index in [2.05, 4.69) is 71.8 Å². The lowest BCUT2D eigenvalue weighted by Gasteiger charge is -2.37. The van der Waals surface area contributed by atoms with Gasteiger partial charge in [0.1, 0.15) is 12.1 Å². The van der Waals surface area contributed by atoms with E-state index in [9.17, 15) is 4.79 Å². The number of benzene rings is 2. The lowest BCUT2D eigenvalue weighted by Crippen LogP contribution is -2.46. The van der Waals surface area contributed by atoms with Gasteiger partial charge in [-0.2, -0.15) is 5.10 Å². The number of hydrogen-bond acceptors (Lipinski definition) is 8. The predicted molar refractivity (Wildman–Crippen MR) is 182 cm³/mol. The van der Waals surface area contributed by atoms with Crippen molar-refractivity contribution in [3.63, 3.8) is 0 Å². The molecule has 2 aliphatic heterocycles. The molecule has 6 rings (SSSR count). The fraction of sp³-hybridized carbons (Fsp3) is 0.457. The van der Waals surface area contributed by atoms with Crippen LogP contribution in [0, 0.1) is 0 Å². The molecule has 2 aromatic carbocycles. The van der Waals surface area contributed by atoms with Crippen molar-refractivity contribution in [1.29, 1.82) is 0 Å². The molecule has 11 heteroatoms. The molecule has 0 radical (unpaired) electrons. The zero-order chi connectivity index (χ0) is 32.5. The molecule has 0 bridgehead atoms. The predicted octanol–water partition coefficient (Wildman–Crippen LogP) is 4.61. The maximum Gasteiger partial charge on any atom is 0.494 e. The Bertz CT molecular complexity index is 1630. The number of aromatic nitrogens is 4. The highest BCUT2D eigenvalue weighted by Crippen LogP contribution is 2.36. The minimum atomic E-state index is -0.355. The third-order valence-electron chi connectivity index (χ3n) is 9.73. The second kappa shape index (κ2) is 13.1. The highest BCUT2D eigenvalue weighted by atomic mass is 16.7. The summed E-state index contributed by atoms with van der Waals surface area (Å²) in [6.45, 7) is 16.4. The standard InChI is InChI=1S/C35H45BN6O4/c1-7-31(26(2)44-24-27-11-9-8-10-12-27)42-33(43)41(25-38-42)32-18-17-30(23-37-32)40-21-19-39(20-22-40)29-15-13-28(14-16-29)36-45-34(3,4)35(5,6)46-36/h8-18,23,25-26,31H,7,19-22,24H2,1-6H3. The van der Waals surface area contributed by atoms with Gasteiger partial charge in [0, 0.05) is 31.9 Å². The SMILES string of the molecule is CCC(C(C)OCc1ccccc1)n1ncn(-c2ccc(N3CCN(c4ccc(B5OC(C)(C)C(C)(C)O5)cc4)CC3)cn2)c1=O. The van der Waals surface area contributed by atoms with Crippen LogP contribution in [0.2, 0.25) is 0 Å². The smallest absolute Gasteiger partial charge is 0.399 e. The molecule has 46 heavy (non-hydrogen) atoms. The molecule has 2 unspecified atom stereocenters.